The molecule has 0 aromatic heterocycles. The van der Waals surface area contributed by atoms with Gasteiger partial charge in [0.15, 0.2) is 0 Å². The molecule has 5 heteroatoms. The summed E-state index contributed by atoms with van der Waals surface area (Å²) >= 11 is 5.81. The summed E-state index contributed by atoms with van der Waals surface area (Å²) in [6, 6.07) is 6.30. The number of imide groups is 1. The van der Waals surface area contributed by atoms with Gasteiger partial charge in [-0.15, -0.1) is 0 Å². The predicted molar refractivity (Wildman–Crippen MR) is 69.1 cm³/mol. The zero-order chi connectivity index (χ0) is 13.7. The molecule has 1 aliphatic rings. The molecule has 1 aromatic rings. The molecule has 0 unspecified atom stereocenters. The molecule has 0 atom stereocenters. The molecule has 1 aliphatic heterocycles. The van der Waals surface area contributed by atoms with Crippen molar-refractivity contribution in [3.63, 3.8) is 0 Å². The van der Waals surface area contributed by atoms with Crippen molar-refractivity contribution in [1.82, 2.24) is 0 Å². The molecule has 1 aromatic carbocycles. The minimum Gasteiger partial charge on any atom is -0.269 e. The van der Waals surface area contributed by atoms with E-state index in [4.69, 9.17) is 16.9 Å². The summed E-state index contributed by atoms with van der Waals surface area (Å²) in [5.41, 5.74) is 0.668. The summed E-state index contributed by atoms with van der Waals surface area (Å²) in [6.07, 6.45) is 2.38. The van der Waals surface area contributed by atoms with Gasteiger partial charge in [-0.2, -0.15) is 5.26 Å². The fourth-order valence-electron chi connectivity index (χ4n) is 1.39. The zero-order valence-electron chi connectivity index (χ0n) is 9.98. The number of hydrogen-bond acceptors (Lipinski definition) is 3. The average molecular weight is 263 g/mol. The number of hydrogen-bond donors (Lipinski definition) is 0. The van der Waals surface area contributed by atoms with Gasteiger partial charge in [0.25, 0.3) is 11.8 Å². The Labute approximate surface area is 110 Å². The van der Waals surface area contributed by atoms with E-state index in [9.17, 15) is 9.59 Å². The van der Waals surface area contributed by atoms with Crippen LogP contribution in [0.1, 0.15) is 19.4 Å². The molecule has 0 aliphatic carbocycles. The molecule has 0 saturated heterocycles. The van der Waals surface area contributed by atoms with E-state index in [2.05, 4.69) is 0 Å². The third-order valence-corrected chi connectivity index (χ3v) is 2.45. The van der Waals surface area contributed by atoms with Gasteiger partial charge in [-0.25, -0.2) is 4.90 Å². The van der Waals surface area contributed by atoms with E-state index in [1.165, 1.54) is 30.4 Å². The largest absolute Gasteiger partial charge is 0.269 e. The summed E-state index contributed by atoms with van der Waals surface area (Å²) in [4.78, 5) is 23.7. The Morgan fingerprint density at radius 3 is 2.17 bits per heavy atom. The van der Waals surface area contributed by atoms with Crippen LogP contribution in [0.4, 0.5) is 5.69 Å². The molecule has 2 amide bonds. The van der Waals surface area contributed by atoms with Gasteiger partial charge < -0.3 is 0 Å². The first-order valence-electron chi connectivity index (χ1n) is 5.39. The lowest BCUT2D eigenvalue weighted by molar-refractivity contribution is -0.119. The summed E-state index contributed by atoms with van der Waals surface area (Å²) < 4.78 is 0. The first-order chi connectivity index (χ1) is 8.63. The fourth-order valence-corrected chi connectivity index (χ4v) is 1.61. The van der Waals surface area contributed by atoms with Gasteiger partial charge in [0.05, 0.1) is 16.3 Å². The Kier molecular flexibility index (Phi) is 4.64. The van der Waals surface area contributed by atoms with E-state index < -0.39 is 11.8 Å². The summed E-state index contributed by atoms with van der Waals surface area (Å²) in [7, 11) is 0. The van der Waals surface area contributed by atoms with Gasteiger partial charge in [-0.1, -0.05) is 25.4 Å². The van der Waals surface area contributed by atoms with Gasteiger partial charge >= 0.3 is 0 Å². The van der Waals surface area contributed by atoms with Crippen LogP contribution in [0.5, 0.6) is 0 Å². The number of nitriles is 1. The van der Waals surface area contributed by atoms with Crippen LogP contribution in [0, 0.1) is 11.3 Å². The third kappa shape index (κ3) is 2.58. The van der Waals surface area contributed by atoms with Gasteiger partial charge in [0.1, 0.15) is 6.07 Å². The molecule has 4 nitrogen and oxygen atoms in total. The molecule has 0 N–H and O–H groups in total. The molecule has 0 spiro atoms. The number of benzene rings is 1. The second-order valence-corrected chi connectivity index (χ2v) is 3.53. The normalized spacial score (nSPS) is 13.1. The van der Waals surface area contributed by atoms with E-state index in [-0.39, 0.29) is 5.02 Å². The van der Waals surface area contributed by atoms with E-state index in [0.29, 0.717) is 11.3 Å². The quantitative estimate of drug-likeness (QED) is 0.731. The standard InChI is InChI=1S/C11H5ClN2O2.C2H6/c12-9-5-8(2-1-7(9)6-13)14-10(15)3-4-11(14)16;1-2/h1-5H;1-2H3. The first-order valence-corrected chi connectivity index (χ1v) is 5.77. The first kappa shape index (κ1) is 13.9. The Hall–Kier alpha value is -2.12. The molecule has 2 rings (SSSR count). The molecule has 0 radical (unpaired) electrons. The van der Waals surface area contributed by atoms with Crippen molar-refractivity contribution < 1.29 is 9.59 Å². The lowest BCUT2D eigenvalue weighted by Gasteiger charge is -2.13. The number of carbonyl (C=O) groups is 2. The summed E-state index contributed by atoms with van der Waals surface area (Å²) in [5.74, 6) is -0.823. The maximum Gasteiger partial charge on any atom is 0.258 e. The highest BCUT2D eigenvalue weighted by molar-refractivity contribution is 6.33. The number of nitrogens with zero attached hydrogens (tertiary/aromatic N) is 2. The smallest absolute Gasteiger partial charge is 0.258 e. The van der Waals surface area contributed by atoms with E-state index in [0.717, 1.165) is 4.90 Å². The third-order valence-electron chi connectivity index (χ3n) is 2.14. The lowest BCUT2D eigenvalue weighted by atomic mass is 10.2. The van der Waals surface area contributed by atoms with E-state index in [1.54, 1.807) is 0 Å². The molecule has 0 saturated carbocycles. The lowest BCUT2D eigenvalue weighted by Crippen LogP contribution is -2.29. The fraction of sp³-hybridized carbons (Fsp3) is 0.154. The zero-order valence-corrected chi connectivity index (χ0v) is 10.7. The monoisotopic (exact) mass is 262 g/mol. The van der Waals surface area contributed by atoms with Gasteiger partial charge in [-0.05, 0) is 18.2 Å². The molecule has 0 bridgehead atoms. The number of anilines is 1. The second kappa shape index (κ2) is 5.99. The van der Waals surface area contributed by atoms with Crippen LogP contribution in [0.2, 0.25) is 5.02 Å². The Morgan fingerprint density at radius 1 is 1.17 bits per heavy atom. The summed E-state index contributed by atoms with van der Waals surface area (Å²) in [5, 5.41) is 8.90. The molecule has 92 valence electrons. The van der Waals surface area contributed by atoms with Gasteiger partial charge in [-0.3, -0.25) is 9.59 Å². The topological polar surface area (TPSA) is 61.2 Å². The Balaban J connectivity index is 0.000000771. The van der Waals surface area contributed by atoms with Crippen LogP contribution in [-0.4, -0.2) is 11.8 Å². The van der Waals surface area contributed by atoms with Gasteiger partial charge in [0.2, 0.25) is 0 Å². The van der Waals surface area contributed by atoms with Crippen LogP contribution >= 0.6 is 11.6 Å². The van der Waals surface area contributed by atoms with Crippen molar-refractivity contribution in [2.45, 2.75) is 13.8 Å². The number of rotatable bonds is 1. The SMILES string of the molecule is CC.N#Cc1ccc(N2C(=O)C=CC2=O)cc1Cl. The molecular weight excluding hydrogens is 252 g/mol. The Morgan fingerprint density at radius 2 is 1.72 bits per heavy atom. The van der Waals surface area contributed by atoms with Crippen molar-refractivity contribution in [3.8, 4) is 6.07 Å². The average Bonchev–Trinajstić information content (AvgIpc) is 2.71. The molecular formula is C13H11ClN2O2. The van der Waals surface area contributed by atoms with Crippen molar-refractivity contribution in [1.29, 1.82) is 5.26 Å². The molecule has 0 fully saturated rings. The van der Waals surface area contributed by atoms with Crippen LogP contribution < -0.4 is 4.90 Å². The Bertz CT molecular complexity index is 541. The maximum absolute atomic E-state index is 11.4. The van der Waals surface area contributed by atoms with Gasteiger partial charge in [0, 0.05) is 12.2 Å². The highest BCUT2D eigenvalue weighted by Crippen LogP contribution is 2.25. The van der Waals surface area contributed by atoms with Crippen LogP contribution in [0.25, 0.3) is 0 Å². The van der Waals surface area contributed by atoms with Crippen molar-refractivity contribution in [2.75, 3.05) is 4.90 Å². The van der Waals surface area contributed by atoms with Crippen LogP contribution in [-0.2, 0) is 9.59 Å². The predicted octanol–water partition coefficient (Wildman–Crippen LogP) is 2.67. The number of carbonyl (C=O) groups excluding carboxylic acids is 2. The van der Waals surface area contributed by atoms with Crippen molar-refractivity contribution in [3.05, 3.63) is 40.9 Å². The number of amides is 2. The number of halogens is 1. The van der Waals surface area contributed by atoms with E-state index in [1.807, 2.05) is 19.9 Å². The maximum atomic E-state index is 11.4. The minimum absolute atomic E-state index is 0.215. The minimum atomic E-state index is -0.411. The molecule has 18 heavy (non-hydrogen) atoms. The van der Waals surface area contributed by atoms with Crippen molar-refractivity contribution >= 4 is 29.1 Å². The van der Waals surface area contributed by atoms with E-state index >= 15 is 0 Å². The van der Waals surface area contributed by atoms with Crippen molar-refractivity contribution in [2.24, 2.45) is 0 Å². The highest BCUT2D eigenvalue weighted by Gasteiger charge is 2.25. The van der Waals surface area contributed by atoms with Crippen LogP contribution in [0.3, 0.4) is 0 Å². The van der Waals surface area contributed by atoms with Crippen LogP contribution in [0.15, 0.2) is 30.4 Å². The second-order valence-electron chi connectivity index (χ2n) is 3.12. The summed E-state index contributed by atoms with van der Waals surface area (Å²) in [6.45, 7) is 4.00. The molecule has 1 heterocycles. The highest BCUT2D eigenvalue weighted by atomic mass is 35.5.